The Morgan fingerprint density at radius 1 is 0.829 bits per heavy atom. The molecule has 3 aromatic carbocycles. The monoisotopic (exact) mass is 611 g/mol. The molecule has 1 fully saturated rings. The van der Waals surface area contributed by atoms with Crippen LogP contribution in [0.25, 0.3) is 0 Å². The van der Waals surface area contributed by atoms with Gasteiger partial charge in [0.05, 0.1) is 11.5 Å². The van der Waals surface area contributed by atoms with Gasteiger partial charge in [0, 0.05) is 17.2 Å². The van der Waals surface area contributed by atoms with E-state index in [-0.39, 0.29) is 29.7 Å². The molecule has 4 rings (SSSR count). The average molecular weight is 612 g/mol. The van der Waals surface area contributed by atoms with Crippen LogP contribution in [0.4, 0.5) is 39.5 Å². The molecule has 4 nitrogen and oxygen atoms in total. The molecule has 0 spiro atoms. The number of halogens is 9. The standard InChI is InChI=1S/C27H22F9NO3S/c28-18-8-10-20(11-9-18)41(38,39)24(13-12-19(37)14-24)16-4-6-17(7-5-16)25(26(31,32)33,27(34,35)36)40-15-21-22(29)2-1-3-23(21)30/h1-11,19H,12-15,37H2. The third-order valence-corrected chi connectivity index (χ3v) is 9.79. The van der Waals surface area contributed by atoms with E-state index in [9.17, 15) is 47.9 Å². The number of hydrogen-bond donors (Lipinski definition) is 1. The zero-order valence-electron chi connectivity index (χ0n) is 20.9. The predicted octanol–water partition coefficient (Wildman–Crippen LogP) is 6.82. The van der Waals surface area contributed by atoms with Crippen LogP contribution in [0, 0.1) is 17.5 Å². The van der Waals surface area contributed by atoms with Crippen molar-refractivity contribution in [1.29, 1.82) is 0 Å². The van der Waals surface area contributed by atoms with Crippen LogP contribution in [0.15, 0.2) is 71.6 Å². The summed E-state index contributed by atoms with van der Waals surface area (Å²) in [5.74, 6) is -3.55. The Bertz CT molecular complexity index is 1470. The first-order chi connectivity index (χ1) is 19.0. The Kier molecular flexibility index (Phi) is 8.00. The maximum absolute atomic E-state index is 14.3. The van der Waals surface area contributed by atoms with Crippen molar-refractivity contribution in [3.63, 3.8) is 0 Å². The van der Waals surface area contributed by atoms with Gasteiger partial charge in [0.2, 0.25) is 0 Å². The fraction of sp³-hybridized carbons (Fsp3) is 0.333. The molecule has 0 heterocycles. The fourth-order valence-corrected chi connectivity index (χ4v) is 7.35. The summed E-state index contributed by atoms with van der Waals surface area (Å²) in [6, 6.07) is 7.73. The lowest BCUT2D eigenvalue weighted by molar-refractivity contribution is -0.392. The first-order valence-electron chi connectivity index (χ1n) is 12.0. The highest BCUT2D eigenvalue weighted by atomic mass is 32.2. The first kappa shape index (κ1) is 30.8. The van der Waals surface area contributed by atoms with E-state index in [0.717, 1.165) is 42.5 Å². The van der Waals surface area contributed by atoms with Gasteiger partial charge in [-0.05, 0) is 61.2 Å². The van der Waals surface area contributed by atoms with E-state index in [2.05, 4.69) is 4.74 Å². The number of alkyl halides is 6. The lowest BCUT2D eigenvalue weighted by atomic mass is 9.88. The lowest BCUT2D eigenvalue weighted by Gasteiger charge is -2.38. The van der Waals surface area contributed by atoms with Crippen molar-refractivity contribution < 1.29 is 52.7 Å². The topological polar surface area (TPSA) is 69.4 Å². The summed E-state index contributed by atoms with van der Waals surface area (Å²) in [6.07, 6.45) is -12.5. The van der Waals surface area contributed by atoms with E-state index in [0.29, 0.717) is 24.3 Å². The van der Waals surface area contributed by atoms with E-state index in [1.165, 1.54) is 0 Å². The van der Waals surface area contributed by atoms with E-state index in [1.807, 2.05) is 0 Å². The summed E-state index contributed by atoms with van der Waals surface area (Å²) in [7, 11) is -4.37. The second-order valence-corrected chi connectivity index (χ2v) is 12.0. The normalized spacial score (nSPS) is 20.4. The van der Waals surface area contributed by atoms with Crippen LogP contribution in [0.2, 0.25) is 0 Å². The average Bonchev–Trinajstić information content (AvgIpc) is 3.28. The zero-order valence-corrected chi connectivity index (χ0v) is 21.7. The summed E-state index contributed by atoms with van der Waals surface area (Å²) >= 11 is 0. The van der Waals surface area contributed by atoms with Gasteiger partial charge in [-0.15, -0.1) is 0 Å². The molecule has 1 saturated carbocycles. The third kappa shape index (κ3) is 5.21. The molecule has 0 aliphatic heterocycles. The van der Waals surface area contributed by atoms with E-state index >= 15 is 0 Å². The summed E-state index contributed by atoms with van der Waals surface area (Å²) in [5, 5.41) is 0. The lowest BCUT2D eigenvalue weighted by Crippen LogP contribution is -2.56. The van der Waals surface area contributed by atoms with Gasteiger partial charge in [0.25, 0.3) is 5.60 Å². The van der Waals surface area contributed by atoms with Crippen LogP contribution in [0.5, 0.6) is 0 Å². The van der Waals surface area contributed by atoms with Crippen molar-refractivity contribution in [2.45, 2.75) is 59.5 Å². The number of ether oxygens (including phenoxy) is 1. The van der Waals surface area contributed by atoms with Gasteiger partial charge in [-0.2, -0.15) is 26.3 Å². The summed E-state index contributed by atoms with van der Waals surface area (Å²) in [6.45, 7) is -1.73. The molecule has 222 valence electrons. The maximum atomic E-state index is 14.3. The molecule has 0 bridgehead atoms. The zero-order chi connectivity index (χ0) is 30.4. The molecule has 14 heteroatoms. The van der Waals surface area contributed by atoms with Crippen molar-refractivity contribution in [1.82, 2.24) is 0 Å². The van der Waals surface area contributed by atoms with Crippen molar-refractivity contribution in [3.05, 3.63) is 101 Å². The second-order valence-electron chi connectivity index (χ2n) is 9.70. The predicted molar refractivity (Wildman–Crippen MR) is 128 cm³/mol. The van der Waals surface area contributed by atoms with Crippen LogP contribution < -0.4 is 5.73 Å². The quantitative estimate of drug-likeness (QED) is 0.235. The van der Waals surface area contributed by atoms with Crippen LogP contribution >= 0.6 is 0 Å². The Labute approximate surface area is 228 Å². The van der Waals surface area contributed by atoms with Gasteiger partial charge in [-0.25, -0.2) is 21.6 Å². The molecule has 1 aliphatic rings. The van der Waals surface area contributed by atoms with Gasteiger partial charge in [-0.3, -0.25) is 0 Å². The highest BCUT2D eigenvalue weighted by Crippen LogP contribution is 2.54. The molecule has 0 radical (unpaired) electrons. The van der Waals surface area contributed by atoms with E-state index < -0.39 is 73.8 Å². The number of hydrogen-bond acceptors (Lipinski definition) is 4. The molecule has 41 heavy (non-hydrogen) atoms. The summed E-state index contributed by atoms with van der Waals surface area (Å²) < 4.78 is 157. The molecule has 0 amide bonds. The Morgan fingerprint density at radius 2 is 1.37 bits per heavy atom. The number of benzene rings is 3. The summed E-state index contributed by atoms with van der Waals surface area (Å²) in [4.78, 5) is -0.313. The summed E-state index contributed by atoms with van der Waals surface area (Å²) in [5.41, 5.74) is -1.83. The molecule has 2 unspecified atom stereocenters. The fourth-order valence-electron chi connectivity index (χ4n) is 5.14. The highest BCUT2D eigenvalue weighted by Gasteiger charge is 2.73. The minimum atomic E-state index is -6.16. The van der Waals surface area contributed by atoms with Crippen LogP contribution in [0.1, 0.15) is 36.0 Å². The van der Waals surface area contributed by atoms with Crippen molar-refractivity contribution in [2.24, 2.45) is 5.73 Å². The van der Waals surface area contributed by atoms with E-state index in [4.69, 9.17) is 5.73 Å². The molecule has 0 aromatic heterocycles. The van der Waals surface area contributed by atoms with Crippen molar-refractivity contribution in [2.75, 3.05) is 0 Å². The Hall–Kier alpha value is -3.10. The van der Waals surface area contributed by atoms with Crippen LogP contribution in [-0.4, -0.2) is 26.8 Å². The molecular formula is C27H22F9NO3S. The van der Waals surface area contributed by atoms with E-state index in [1.54, 1.807) is 0 Å². The molecule has 0 saturated heterocycles. The number of rotatable bonds is 7. The van der Waals surface area contributed by atoms with Crippen molar-refractivity contribution in [3.8, 4) is 0 Å². The van der Waals surface area contributed by atoms with Gasteiger partial charge in [0.15, 0.2) is 9.84 Å². The number of nitrogens with two attached hydrogens (primary N) is 1. The first-order valence-corrected chi connectivity index (χ1v) is 13.5. The van der Waals surface area contributed by atoms with Crippen molar-refractivity contribution >= 4 is 9.84 Å². The molecule has 1 aliphatic carbocycles. The Balaban J connectivity index is 1.83. The van der Waals surface area contributed by atoms with Gasteiger partial charge in [0.1, 0.15) is 22.2 Å². The highest BCUT2D eigenvalue weighted by molar-refractivity contribution is 7.92. The SMILES string of the molecule is NC1CCC(c2ccc(C(OCc3c(F)cccc3F)(C(F)(F)F)C(F)(F)F)cc2)(S(=O)(=O)c2ccc(F)cc2)C1. The molecule has 2 N–H and O–H groups in total. The minimum Gasteiger partial charge on any atom is -0.349 e. The van der Waals surface area contributed by atoms with Gasteiger partial charge < -0.3 is 10.5 Å². The second kappa shape index (κ2) is 10.6. The molecule has 2 atom stereocenters. The van der Waals surface area contributed by atoms with Gasteiger partial charge in [-0.1, -0.05) is 30.3 Å². The van der Waals surface area contributed by atoms with Gasteiger partial charge >= 0.3 is 12.4 Å². The largest absolute Gasteiger partial charge is 0.430 e. The molecule has 3 aromatic rings. The third-order valence-electron chi connectivity index (χ3n) is 7.26. The number of sulfone groups is 1. The van der Waals surface area contributed by atoms with Crippen LogP contribution in [0.3, 0.4) is 0 Å². The smallest absolute Gasteiger partial charge is 0.349 e. The minimum absolute atomic E-state index is 0.111. The Morgan fingerprint density at radius 3 is 1.83 bits per heavy atom. The molecular weight excluding hydrogens is 589 g/mol. The van der Waals surface area contributed by atoms with Crippen LogP contribution in [-0.2, 0) is 31.5 Å². The maximum Gasteiger partial charge on any atom is 0.430 e.